The SMILES string of the molecule is O=C(Nc1ccc2c(c1)CN(C(=O)Cn1ccnc1)CC2)[C@H]1CCCO1. The summed E-state index contributed by atoms with van der Waals surface area (Å²) >= 11 is 0. The van der Waals surface area contributed by atoms with E-state index in [9.17, 15) is 9.59 Å². The maximum atomic E-state index is 12.5. The van der Waals surface area contributed by atoms with Gasteiger partial charge in [-0.05, 0) is 42.5 Å². The molecule has 3 heterocycles. The molecule has 0 spiro atoms. The molecule has 2 aromatic rings. The van der Waals surface area contributed by atoms with E-state index >= 15 is 0 Å². The molecule has 2 aliphatic rings. The minimum absolute atomic E-state index is 0.0717. The van der Waals surface area contributed by atoms with Crippen molar-refractivity contribution in [1.82, 2.24) is 14.5 Å². The highest BCUT2D eigenvalue weighted by atomic mass is 16.5. The van der Waals surface area contributed by atoms with E-state index in [0.717, 1.165) is 30.5 Å². The summed E-state index contributed by atoms with van der Waals surface area (Å²) in [5.74, 6) is -0.0197. The Balaban J connectivity index is 1.42. The number of aromatic nitrogens is 2. The van der Waals surface area contributed by atoms with E-state index in [2.05, 4.69) is 10.3 Å². The van der Waals surface area contributed by atoms with Crippen molar-refractivity contribution >= 4 is 17.5 Å². The van der Waals surface area contributed by atoms with E-state index in [4.69, 9.17) is 4.74 Å². The van der Waals surface area contributed by atoms with Crippen molar-refractivity contribution in [2.75, 3.05) is 18.5 Å². The second kappa shape index (κ2) is 7.29. The van der Waals surface area contributed by atoms with Crippen LogP contribution in [-0.2, 0) is 33.8 Å². The van der Waals surface area contributed by atoms with Crippen molar-refractivity contribution in [3.63, 3.8) is 0 Å². The first-order valence-corrected chi connectivity index (χ1v) is 8.97. The quantitative estimate of drug-likeness (QED) is 0.905. The number of anilines is 1. The second-order valence-corrected chi connectivity index (χ2v) is 6.77. The van der Waals surface area contributed by atoms with E-state index < -0.39 is 0 Å². The number of carbonyl (C=O) groups excluding carboxylic acids is 2. The Morgan fingerprint density at radius 1 is 1.31 bits per heavy atom. The first-order valence-electron chi connectivity index (χ1n) is 8.97. The fraction of sp³-hybridized carbons (Fsp3) is 0.421. The molecule has 26 heavy (non-hydrogen) atoms. The predicted molar refractivity (Wildman–Crippen MR) is 95.4 cm³/mol. The number of hydrogen-bond acceptors (Lipinski definition) is 4. The molecule has 0 aliphatic carbocycles. The number of rotatable bonds is 4. The van der Waals surface area contributed by atoms with Crippen LogP contribution in [0.15, 0.2) is 36.9 Å². The molecule has 1 saturated heterocycles. The predicted octanol–water partition coefficient (Wildman–Crippen LogP) is 1.59. The Morgan fingerprint density at radius 2 is 2.23 bits per heavy atom. The molecule has 1 atom stereocenters. The molecule has 7 nitrogen and oxygen atoms in total. The van der Waals surface area contributed by atoms with Gasteiger partial charge >= 0.3 is 0 Å². The van der Waals surface area contributed by atoms with Crippen molar-refractivity contribution in [1.29, 1.82) is 0 Å². The van der Waals surface area contributed by atoms with Crippen LogP contribution in [0.2, 0.25) is 0 Å². The van der Waals surface area contributed by atoms with Crippen molar-refractivity contribution in [2.45, 2.75) is 38.5 Å². The molecule has 1 aromatic heterocycles. The fourth-order valence-electron chi connectivity index (χ4n) is 3.49. The summed E-state index contributed by atoms with van der Waals surface area (Å²) in [4.78, 5) is 30.6. The van der Waals surface area contributed by atoms with Gasteiger partial charge in [0.05, 0.1) is 6.33 Å². The second-order valence-electron chi connectivity index (χ2n) is 6.77. The van der Waals surface area contributed by atoms with E-state index in [1.165, 1.54) is 5.56 Å². The monoisotopic (exact) mass is 354 g/mol. The van der Waals surface area contributed by atoms with Gasteiger partial charge in [0.25, 0.3) is 5.91 Å². The number of nitrogens with zero attached hydrogens (tertiary/aromatic N) is 3. The summed E-state index contributed by atoms with van der Waals surface area (Å²) in [6.07, 6.45) is 7.28. The number of carbonyl (C=O) groups is 2. The van der Waals surface area contributed by atoms with Gasteiger partial charge in [-0.2, -0.15) is 0 Å². The molecule has 0 radical (unpaired) electrons. The van der Waals surface area contributed by atoms with Crippen LogP contribution in [0.3, 0.4) is 0 Å². The zero-order chi connectivity index (χ0) is 17.9. The van der Waals surface area contributed by atoms with Gasteiger partial charge < -0.3 is 19.5 Å². The molecule has 136 valence electrons. The lowest BCUT2D eigenvalue weighted by atomic mass is 9.99. The molecule has 0 unspecified atom stereocenters. The molecule has 0 saturated carbocycles. The third-order valence-electron chi connectivity index (χ3n) is 4.94. The Hall–Kier alpha value is -2.67. The molecular formula is C19H22N4O3. The van der Waals surface area contributed by atoms with Gasteiger partial charge in [0.15, 0.2) is 0 Å². The van der Waals surface area contributed by atoms with E-state index in [-0.39, 0.29) is 17.9 Å². The summed E-state index contributed by atoms with van der Waals surface area (Å²) in [5.41, 5.74) is 3.07. The van der Waals surface area contributed by atoms with Gasteiger partial charge in [0.1, 0.15) is 12.6 Å². The third kappa shape index (κ3) is 3.62. The molecule has 0 bridgehead atoms. The zero-order valence-electron chi connectivity index (χ0n) is 14.6. The summed E-state index contributed by atoms with van der Waals surface area (Å²) in [6, 6.07) is 5.94. The molecule has 7 heteroatoms. The van der Waals surface area contributed by atoms with E-state index in [0.29, 0.717) is 26.2 Å². The van der Waals surface area contributed by atoms with E-state index in [1.54, 1.807) is 23.3 Å². The van der Waals surface area contributed by atoms with Gasteiger partial charge in [-0.25, -0.2) is 4.98 Å². The standard InChI is InChI=1S/C19H22N4O3/c24-18(12-22-8-6-20-13-22)23-7-5-14-3-4-16(10-15(14)11-23)21-19(25)17-2-1-9-26-17/h3-4,6,8,10,13,17H,1-2,5,7,9,11-12H2,(H,21,25)/t17-/m1/s1. The van der Waals surface area contributed by atoms with Gasteiger partial charge in [-0.1, -0.05) is 6.07 Å². The molecular weight excluding hydrogens is 332 g/mol. The zero-order valence-corrected chi connectivity index (χ0v) is 14.6. The smallest absolute Gasteiger partial charge is 0.253 e. The molecule has 4 rings (SSSR count). The summed E-state index contributed by atoms with van der Waals surface area (Å²) in [5, 5.41) is 2.93. The number of nitrogens with one attached hydrogen (secondary N) is 1. The van der Waals surface area contributed by atoms with Crippen LogP contribution in [0, 0.1) is 0 Å². The van der Waals surface area contributed by atoms with Crippen molar-refractivity contribution in [3.05, 3.63) is 48.0 Å². The summed E-state index contributed by atoms with van der Waals surface area (Å²) in [6.45, 7) is 2.22. The maximum absolute atomic E-state index is 12.5. The largest absolute Gasteiger partial charge is 0.368 e. The first kappa shape index (κ1) is 16.8. The van der Waals surface area contributed by atoms with E-state index in [1.807, 2.05) is 23.1 Å². The van der Waals surface area contributed by atoms with Gasteiger partial charge in [-0.15, -0.1) is 0 Å². The number of benzene rings is 1. The molecule has 2 aliphatic heterocycles. The van der Waals surface area contributed by atoms with Crippen LogP contribution in [0.1, 0.15) is 24.0 Å². The van der Waals surface area contributed by atoms with Crippen LogP contribution in [0.5, 0.6) is 0 Å². The highest BCUT2D eigenvalue weighted by molar-refractivity contribution is 5.94. The highest BCUT2D eigenvalue weighted by Gasteiger charge is 2.25. The number of imidazole rings is 1. The average molecular weight is 354 g/mol. The molecule has 1 aromatic carbocycles. The topological polar surface area (TPSA) is 76.5 Å². The van der Waals surface area contributed by atoms with Crippen molar-refractivity contribution in [3.8, 4) is 0 Å². The number of ether oxygens (including phenoxy) is 1. The van der Waals surface area contributed by atoms with Gasteiger partial charge in [-0.3, -0.25) is 9.59 Å². The third-order valence-corrected chi connectivity index (χ3v) is 4.94. The minimum Gasteiger partial charge on any atom is -0.368 e. The number of hydrogen-bond donors (Lipinski definition) is 1. The maximum Gasteiger partial charge on any atom is 0.253 e. The number of amides is 2. The lowest BCUT2D eigenvalue weighted by Gasteiger charge is -2.29. The van der Waals surface area contributed by atoms with Crippen molar-refractivity contribution < 1.29 is 14.3 Å². The molecule has 2 amide bonds. The summed E-state index contributed by atoms with van der Waals surface area (Å²) in [7, 11) is 0. The van der Waals surface area contributed by atoms with Crippen LogP contribution >= 0.6 is 0 Å². The van der Waals surface area contributed by atoms with Gasteiger partial charge in [0.2, 0.25) is 5.91 Å². The Bertz CT molecular complexity index is 797. The normalized spacial score (nSPS) is 19.2. The number of fused-ring (bicyclic) bond motifs is 1. The Morgan fingerprint density at radius 3 is 3.00 bits per heavy atom. The Kier molecular flexibility index (Phi) is 4.71. The lowest BCUT2D eigenvalue weighted by Crippen LogP contribution is -2.38. The van der Waals surface area contributed by atoms with Gasteiger partial charge in [0, 0.05) is 37.8 Å². The van der Waals surface area contributed by atoms with Crippen LogP contribution in [-0.4, -0.2) is 45.5 Å². The first-order chi connectivity index (χ1) is 12.7. The highest BCUT2D eigenvalue weighted by Crippen LogP contribution is 2.24. The molecule has 1 N–H and O–H groups in total. The Labute approximate surface area is 152 Å². The van der Waals surface area contributed by atoms with Crippen molar-refractivity contribution in [2.24, 2.45) is 0 Å². The minimum atomic E-state index is -0.348. The summed E-state index contributed by atoms with van der Waals surface area (Å²) < 4.78 is 7.20. The van der Waals surface area contributed by atoms with Crippen LogP contribution in [0.4, 0.5) is 5.69 Å². The van der Waals surface area contributed by atoms with Crippen LogP contribution in [0.25, 0.3) is 0 Å². The lowest BCUT2D eigenvalue weighted by molar-refractivity contribution is -0.132. The van der Waals surface area contributed by atoms with Crippen LogP contribution < -0.4 is 5.32 Å². The fourth-order valence-corrected chi connectivity index (χ4v) is 3.49. The average Bonchev–Trinajstić information content (AvgIpc) is 3.35. The molecule has 1 fully saturated rings.